The molecule has 80 valence electrons. The molecule has 0 spiro atoms. The van der Waals surface area contributed by atoms with E-state index >= 15 is 0 Å². The molecule has 0 unspecified atom stereocenters. The summed E-state index contributed by atoms with van der Waals surface area (Å²) in [7, 11) is 1.93. The molecule has 0 saturated carbocycles. The zero-order valence-corrected chi connectivity index (χ0v) is 11.2. The average molecular weight is 316 g/mol. The van der Waals surface area contributed by atoms with Crippen molar-refractivity contribution in [2.45, 2.75) is 20.4 Å². The topological polar surface area (TPSA) is 35.6 Å². The van der Waals surface area contributed by atoms with Crippen molar-refractivity contribution in [2.24, 2.45) is 7.05 Å². The Labute approximate surface area is 102 Å². The molecule has 0 aliphatic rings. The fourth-order valence-electron chi connectivity index (χ4n) is 1.56. The number of halogens is 1. The van der Waals surface area contributed by atoms with Crippen molar-refractivity contribution >= 4 is 22.6 Å². The molecule has 0 N–H and O–H groups in total. The predicted molar refractivity (Wildman–Crippen MR) is 66.7 cm³/mol. The number of aromatic nitrogens is 4. The summed E-state index contributed by atoms with van der Waals surface area (Å²) in [6.07, 6.45) is 3.90. The molecule has 4 nitrogen and oxygen atoms in total. The van der Waals surface area contributed by atoms with E-state index in [1.807, 2.05) is 35.7 Å². The van der Waals surface area contributed by atoms with E-state index in [0.29, 0.717) is 0 Å². The van der Waals surface area contributed by atoms with Crippen molar-refractivity contribution in [3.63, 3.8) is 0 Å². The Morgan fingerprint density at radius 3 is 2.60 bits per heavy atom. The van der Waals surface area contributed by atoms with E-state index < -0.39 is 0 Å². The SMILES string of the molecule is Cc1nn(Cc2cnn(C)c2)c(C)c1I. The minimum absolute atomic E-state index is 0.795. The van der Waals surface area contributed by atoms with E-state index in [2.05, 4.69) is 39.7 Å². The molecule has 2 heterocycles. The first-order chi connectivity index (χ1) is 7.08. The van der Waals surface area contributed by atoms with Crippen LogP contribution >= 0.6 is 22.6 Å². The number of aryl methyl sites for hydroxylation is 2. The molecule has 2 aromatic rings. The van der Waals surface area contributed by atoms with Gasteiger partial charge in [-0.3, -0.25) is 9.36 Å². The fraction of sp³-hybridized carbons (Fsp3) is 0.400. The van der Waals surface area contributed by atoms with Gasteiger partial charge in [0.2, 0.25) is 0 Å². The van der Waals surface area contributed by atoms with E-state index in [9.17, 15) is 0 Å². The smallest absolute Gasteiger partial charge is 0.0730 e. The minimum Gasteiger partial charge on any atom is -0.275 e. The van der Waals surface area contributed by atoms with Gasteiger partial charge >= 0.3 is 0 Å². The second-order valence-electron chi connectivity index (χ2n) is 3.66. The molecule has 5 heteroatoms. The standard InChI is InChI=1S/C10H13IN4/c1-7-10(11)8(2)15(13-7)6-9-4-12-14(3)5-9/h4-5H,6H2,1-3H3. The van der Waals surface area contributed by atoms with Gasteiger partial charge in [-0.1, -0.05) is 0 Å². The molecule has 0 aromatic carbocycles. The summed E-state index contributed by atoms with van der Waals surface area (Å²) in [5, 5.41) is 8.63. The van der Waals surface area contributed by atoms with Crippen molar-refractivity contribution < 1.29 is 0 Å². The molecular formula is C10H13IN4. The molecule has 0 aliphatic carbocycles. The summed E-state index contributed by atoms with van der Waals surface area (Å²) in [5.41, 5.74) is 3.49. The average Bonchev–Trinajstić information content (AvgIpc) is 2.68. The highest BCUT2D eigenvalue weighted by Crippen LogP contribution is 2.16. The predicted octanol–water partition coefficient (Wildman–Crippen LogP) is 1.89. The van der Waals surface area contributed by atoms with Gasteiger partial charge in [0.05, 0.1) is 22.0 Å². The Bertz CT molecular complexity index is 484. The van der Waals surface area contributed by atoms with Gasteiger partial charge in [0.25, 0.3) is 0 Å². The van der Waals surface area contributed by atoms with Crippen LogP contribution in [-0.2, 0) is 13.6 Å². The molecular weight excluding hydrogens is 303 g/mol. The molecule has 0 fully saturated rings. The third kappa shape index (κ3) is 2.06. The number of nitrogens with zero attached hydrogens (tertiary/aromatic N) is 4. The third-order valence-corrected chi connectivity index (χ3v) is 3.95. The van der Waals surface area contributed by atoms with Gasteiger partial charge in [0, 0.05) is 24.5 Å². The lowest BCUT2D eigenvalue weighted by atomic mass is 10.3. The largest absolute Gasteiger partial charge is 0.275 e. The lowest BCUT2D eigenvalue weighted by Crippen LogP contribution is -2.03. The maximum absolute atomic E-state index is 4.49. The van der Waals surface area contributed by atoms with E-state index in [4.69, 9.17) is 0 Å². The molecule has 2 rings (SSSR count). The summed E-state index contributed by atoms with van der Waals surface area (Å²) in [5.74, 6) is 0. The molecule has 0 atom stereocenters. The Balaban J connectivity index is 2.28. The van der Waals surface area contributed by atoms with Gasteiger partial charge in [-0.05, 0) is 36.4 Å². The van der Waals surface area contributed by atoms with Crippen LogP contribution in [0.5, 0.6) is 0 Å². The Morgan fingerprint density at radius 2 is 2.13 bits per heavy atom. The summed E-state index contributed by atoms with van der Waals surface area (Å²) < 4.78 is 5.08. The second kappa shape index (κ2) is 3.96. The van der Waals surface area contributed by atoms with Crippen LogP contribution in [0, 0.1) is 17.4 Å². The van der Waals surface area contributed by atoms with E-state index in [1.165, 1.54) is 14.8 Å². The maximum Gasteiger partial charge on any atom is 0.0730 e. The van der Waals surface area contributed by atoms with Gasteiger partial charge in [0.15, 0.2) is 0 Å². The van der Waals surface area contributed by atoms with Crippen molar-refractivity contribution in [2.75, 3.05) is 0 Å². The molecule has 0 aliphatic heterocycles. The third-order valence-electron chi connectivity index (χ3n) is 2.38. The molecule has 2 aromatic heterocycles. The summed E-state index contributed by atoms with van der Waals surface area (Å²) in [6.45, 7) is 4.93. The monoisotopic (exact) mass is 316 g/mol. The van der Waals surface area contributed by atoms with Gasteiger partial charge < -0.3 is 0 Å². The number of hydrogen-bond donors (Lipinski definition) is 0. The van der Waals surface area contributed by atoms with Crippen LogP contribution in [0.3, 0.4) is 0 Å². The van der Waals surface area contributed by atoms with Gasteiger partial charge in [0.1, 0.15) is 0 Å². The van der Waals surface area contributed by atoms with Crippen LogP contribution in [0.4, 0.5) is 0 Å². The van der Waals surface area contributed by atoms with Gasteiger partial charge in [-0.2, -0.15) is 10.2 Å². The van der Waals surface area contributed by atoms with E-state index in [-0.39, 0.29) is 0 Å². The van der Waals surface area contributed by atoms with Crippen LogP contribution in [0.15, 0.2) is 12.4 Å². The molecule has 0 radical (unpaired) electrons. The van der Waals surface area contributed by atoms with Crippen LogP contribution in [0.25, 0.3) is 0 Å². The molecule has 0 saturated heterocycles. The zero-order chi connectivity index (χ0) is 11.0. The van der Waals surface area contributed by atoms with Crippen molar-refractivity contribution in [1.82, 2.24) is 19.6 Å². The van der Waals surface area contributed by atoms with E-state index in [0.717, 1.165) is 12.2 Å². The lowest BCUT2D eigenvalue weighted by molar-refractivity contribution is 0.657. The first-order valence-corrected chi connectivity index (χ1v) is 5.83. The van der Waals surface area contributed by atoms with Crippen molar-refractivity contribution in [3.05, 3.63) is 32.9 Å². The highest BCUT2D eigenvalue weighted by atomic mass is 127. The van der Waals surface area contributed by atoms with Crippen LogP contribution in [0.1, 0.15) is 17.0 Å². The highest BCUT2D eigenvalue weighted by Gasteiger charge is 2.09. The Kier molecular flexibility index (Phi) is 2.81. The first kappa shape index (κ1) is 10.7. The fourth-order valence-corrected chi connectivity index (χ4v) is 1.94. The normalized spacial score (nSPS) is 10.9. The summed E-state index contributed by atoms with van der Waals surface area (Å²) in [6, 6.07) is 0. The summed E-state index contributed by atoms with van der Waals surface area (Å²) in [4.78, 5) is 0. The van der Waals surface area contributed by atoms with E-state index in [1.54, 1.807) is 0 Å². The lowest BCUT2D eigenvalue weighted by Gasteiger charge is -2.01. The van der Waals surface area contributed by atoms with Crippen LogP contribution in [-0.4, -0.2) is 19.6 Å². The maximum atomic E-state index is 4.49. The van der Waals surface area contributed by atoms with Gasteiger partial charge in [-0.25, -0.2) is 0 Å². The molecule has 0 amide bonds. The highest BCUT2D eigenvalue weighted by molar-refractivity contribution is 14.1. The molecule has 0 bridgehead atoms. The molecule has 15 heavy (non-hydrogen) atoms. The quantitative estimate of drug-likeness (QED) is 0.793. The van der Waals surface area contributed by atoms with Gasteiger partial charge in [-0.15, -0.1) is 0 Å². The zero-order valence-electron chi connectivity index (χ0n) is 9.03. The van der Waals surface area contributed by atoms with Crippen molar-refractivity contribution in [1.29, 1.82) is 0 Å². The number of rotatable bonds is 2. The first-order valence-electron chi connectivity index (χ1n) is 4.75. The van der Waals surface area contributed by atoms with Crippen LogP contribution < -0.4 is 0 Å². The second-order valence-corrected chi connectivity index (χ2v) is 4.74. The Hall–Kier alpha value is -0.850. The van der Waals surface area contributed by atoms with Crippen LogP contribution in [0.2, 0.25) is 0 Å². The Morgan fingerprint density at radius 1 is 1.40 bits per heavy atom. The minimum atomic E-state index is 0.795. The number of hydrogen-bond acceptors (Lipinski definition) is 2. The van der Waals surface area contributed by atoms with Crippen molar-refractivity contribution in [3.8, 4) is 0 Å². The summed E-state index contributed by atoms with van der Waals surface area (Å²) >= 11 is 2.33.